The maximum Gasteiger partial charge on any atom is -0.00201 e. The second kappa shape index (κ2) is 9.31. The molecule has 6 rings (SSSR count). The molecule has 0 atom stereocenters. The van der Waals surface area contributed by atoms with Gasteiger partial charge in [-0.15, -0.1) is 0 Å². The molecular weight excluding hydrogens is 408 g/mol. The van der Waals surface area contributed by atoms with E-state index in [0.29, 0.717) is 0 Å². The highest BCUT2D eigenvalue weighted by Gasteiger charge is 2.24. The molecule has 2 aliphatic carbocycles. The van der Waals surface area contributed by atoms with Gasteiger partial charge in [0.05, 0.1) is 0 Å². The van der Waals surface area contributed by atoms with Gasteiger partial charge in [0.15, 0.2) is 0 Å². The lowest BCUT2D eigenvalue weighted by Gasteiger charge is -2.12. The zero-order chi connectivity index (χ0) is 22.7. The van der Waals surface area contributed by atoms with Gasteiger partial charge in [0.1, 0.15) is 0 Å². The summed E-state index contributed by atoms with van der Waals surface area (Å²) >= 11 is 0. The Hall–Kier alpha value is -3.64. The molecule has 0 aromatic heterocycles. The number of benzene rings is 4. The van der Waals surface area contributed by atoms with E-state index in [2.05, 4.69) is 109 Å². The first-order chi connectivity index (χ1) is 16.8. The Labute approximate surface area is 203 Å². The summed E-state index contributed by atoms with van der Waals surface area (Å²) in [6.07, 6.45) is 6.57. The van der Waals surface area contributed by atoms with Crippen molar-refractivity contribution in [2.45, 2.75) is 38.5 Å². The molecule has 0 unspecified atom stereocenters. The summed E-state index contributed by atoms with van der Waals surface area (Å²) in [6, 6.07) is 40.0. The summed E-state index contributed by atoms with van der Waals surface area (Å²) in [5.74, 6) is 0. The maximum absolute atomic E-state index is 2.33. The molecule has 0 spiro atoms. The molecule has 0 saturated carbocycles. The van der Waals surface area contributed by atoms with Gasteiger partial charge in [-0.3, -0.25) is 0 Å². The SMILES string of the molecule is c1ccc(CC2=C(CCC3=C(Cc4ccccc4)c4ccccc4C3)Cc3ccccc32)cc1. The van der Waals surface area contributed by atoms with Crippen molar-refractivity contribution in [1.82, 2.24) is 0 Å². The van der Waals surface area contributed by atoms with Crippen LogP contribution in [0.3, 0.4) is 0 Å². The first kappa shape index (κ1) is 20.9. The van der Waals surface area contributed by atoms with Crippen molar-refractivity contribution in [1.29, 1.82) is 0 Å². The van der Waals surface area contributed by atoms with Crippen molar-refractivity contribution in [2.75, 3.05) is 0 Å². The molecule has 0 heterocycles. The number of rotatable bonds is 7. The van der Waals surface area contributed by atoms with Gasteiger partial charge in [-0.1, -0.05) is 120 Å². The summed E-state index contributed by atoms with van der Waals surface area (Å²) in [5, 5.41) is 0. The van der Waals surface area contributed by atoms with Crippen LogP contribution in [0.15, 0.2) is 120 Å². The molecule has 166 valence electrons. The van der Waals surface area contributed by atoms with Gasteiger partial charge in [-0.2, -0.15) is 0 Å². The summed E-state index contributed by atoms with van der Waals surface area (Å²) in [6.45, 7) is 0. The van der Waals surface area contributed by atoms with E-state index in [1.165, 1.54) is 33.4 Å². The molecule has 0 heteroatoms. The lowest BCUT2D eigenvalue weighted by atomic mass is 9.93. The van der Waals surface area contributed by atoms with Crippen molar-refractivity contribution in [3.8, 4) is 0 Å². The standard InChI is InChI=1S/C34H30/c1-3-11-25(12-4-1)21-33-29(23-27-15-7-9-17-31(27)33)19-20-30-24-28-16-8-10-18-32(28)34(30)22-26-13-5-2-6-14-26/h1-18H,19-24H2. The molecule has 0 bridgehead atoms. The van der Waals surface area contributed by atoms with Gasteiger partial charge in [-0.25, -0.2) is 0 Å². The first-order valence-electron chi connectivity index (χ1n) is 12.5. The molecule has 2 aliphatic rings. The molecule has 4 aromatic carbocycles. The highest BCUT2D eigenvalue weighted by Crippen LogP contribution is 2.41. The largest absolute Gasteiger partial charge is 0.0622 e. The Bertz CT molecular complexity index is 1260. The zero-order valence-electron chi connectivity index (χ0n) is 19.6. The van der Waals surface area contributed by atoms with Crippen LogP contribution < -0.4 is 0 Å². The van der Waals surface area contributed by atoms with Crippen LogP contribution in [0, 0.1) is 0 Å². The second-order valence-corrected chi connectivity index (χ2v) is 9.66. The van der Waals surface area contributed by atoms with Crippen LogP contribution in [0.25, 0.3) is 11.1 Å². The van der Waals surface area contributed by atoms with Crippen molar-refractivity contribution in [3.63, 3.8) is 0 Å². The fourth-order valence-electron chi connectivity index (χ4n) is 5.81. The van der Waals surface area contributed by atoms with Gasteiger partial charge in [0.2, 0.25) is 0 Å². The van der Waals surface area contributed by atoms with E-state index < -0.39 is 0 Å². The lowest BCUT2D eigenvalue weighted by molar-refractivity contribution is 0.877. The average molecular weight is 439 g/mol. The number of fused-ring (bicyclic) bond motifs is 2. The van der Waals surface area contributed by atoms with E-state index in [-0.39, 0.29) is 0 Å². The second-order valence-electron chi connectivity index (χ2n) is 9.66. The van der Waals surface area contributed by atoms with Crippen LogP contribution in [0.2, 0.25) is 0 Å². The molecular formula is C34H30. The minimum absolute atomic E-state index is 1.03. The maximum atomic E-state index is 2.33. The van der Waals surface area contributed by atoms with Crippen LogP contribution in [-0.2, 0) is 25.7 Å². The average Bonchev–Trinajstić information content (AvgIpc) is 3.42. The van der Waals surface area contributed by atoms with Crippen molar-refractivity contribution in [2.24, 2.45) is 0 Å². The number of allylic oxidation sites excluding steroid dienone is 4. The number of hydrogen-bond donors (Lipinski definition) is 0. The van der Waals surface area contributed by atoms with E-state index >= 15 is 0 Å². The molecule has 34 heavy (non-hydrogen) atoms. The van der Waals surface area contributed by atoms with Crippen LogP contribution in [0.5, 0.6) is 0 Å². The monoisotopic (exact) mass is 438 g/mol. The molecule has 0 fully saturated rings. The molecule has 4 aromatic rings. The third kappa shape index (κ3) is 4.17. The topological polar surface area (TPSA) is 0 Å². The Morgan fingerprint density at radius 3 is 1.24 bits per heavy atom. The third-order valence-electron chi connectivity index (χ3n) is 7.52. The van der Waals surface area contributed by atoms with Crippen LogP contribution >= 0.6 is 0 Å². The van der Waals surface area contributed by atoms with Crippen LogP contribution in [0.1, 0.15) is 46.2 Å². The molecule has 0 aliphatic heterocycles. The van der Waals surface area contributed by atoms with Crippen molar-refractivity contribution in [3.05, 3.63) is 154 Å². The summed E-state index contributed by atoms with van der Waals surface area (Å²) < 4.78 is 0. The molecule has 0 N–H and O–H groups in total. The molecule has 0 saturated heterocycles. The Kier molecular flexibility index (Phi) is 5.73. The van der Waals surface area contributed by atoms with Crippen molar-refractivity contribution >= 4 is 11.1 Å². The van der Waals surface area contributed by atoms with Crippen LogP contribution in [0.4, 0.5) is 0 Å². The fourth-order valence-corrected chi connectivity index (χ4v) is 5.81. The van der Waals surface area contributed by atoms with Gasteiger partial charge in [0.25, 0.3) is 0 Å². The zero-order valence-corrected chi connectivity index (χ0v) is 19.6. The third-order valence-corrected chi connectivity index (χ3v) is 7.52. The first-order valence-corrected chi connectivity index (χ1v) is 12.5. The van der Waals surface area contributed by atoms with E-state index in [1.54, 1.807) is 22.3 Å². The minimum Gasteiger partial charge on any atom is -0.0622 e. The quantitative estimate of drug-likeness (QED) is 0.272. The highest BCUT2D eigenvalue weighted by molar-refractivity contribution is 5.79. The van der Waals surface area contributed by atoms with E-state index in [4.69, 9.17) is 0 Å². The number of hydrogen-bond acceptors (Lipinski definition) is 0. The smallest absolute Gasteiger partial charge is 0.00201 e. The van der Waals surface area contributed by atoms with Gasteiger partial charge < -0.3 is 0 Å². The predicted molar refractivity (Wildman–Crippen MR) is 144 cm³/mol. The van der Waals surface area contributed by atoms with E-state index in [9.17, 15) is 0 Å². The summed E-state index contributed by atoms with van der Waals surface area (Å²) in [7, 11) is 0. The Morgan fingerprint density at radius 1 is 0.412 bits per heavy atom. The highest BCUT2D eigenvalue weighted by atomic mass is 14.3. The lowest BCUT2D eigenvalue weighted by Crippen LogP contribution is -1.95. The van der Waals surface area contributed by atoms with E-state index in [1.807, 2.05) is 0 Å². The van der Waals surface area contributed by atoms with E-state index in [0.717, 1.165) is 38.5 Å². The summed E-state index contributed by atoms with van der Waals surface area (Å²) in [4.78, 5) is 0. The normalized spacial score (nSPS) is 14.5. The minimum atomic E-state index is 1.03. The van der Waals surface area contributed by atoms with Gasteiger partial charge >= 0.3 is 0 Å². The van der Waals surface area contributed by atoms with Crippen molar-refractivity contribution < 1.29 is 0 Å². The molecule has 0 nitrogen and oxygen atoms in total. The van der Waals surface area contributed by atoms with Gasteiger partial charge in [0, 0.05) is 0 Å². The Morgan fingerprint density at radius 2 is 0.794 bits per heavy atom. The molecule has 0 amide bonds. The predicted octanol–water partition coefficient (Wildman–Crippen LogP) is 8.27. The Balaban J connectivity index is 1.31. The summed E-state index contributed by atoms with van der Waals surface area (Å²) in [5.41, 5.74) is 15.1. The van der Waals surface area contributed by atoms with Crippen LogP contribution in [-0.4, -0.2) is 0 Å². The van der Waals surface area contributed by atoms with Gasteiger partial charge in [-0.05, 0) is 83.1 Å². The fraction of sp³-hybridized carbons (Fsp3) is 0.176. The molecule has 0 radical (unpaired) electrons.